The number of nitrogens with zero attached hydrogens (tertiary/aromatic N) is 2. The molecule has 1 amide bonds. The van der Waals surface area contributed by atoms with Gasteiger partial charge in [-0.05, 0) is 75.6 Å². The van der Waals surface area contributed by atoms with Crippen molar-refractivity contribution >= 4 is 23.5 Å². The van der Waals surface area contributed by atoms with Gasteiger partial charge < -0.3 is 19.6 Å². The van der Waals surface area contributed by atoms with E-state index in [9.17, 15) is 14.7 Å². The van der Waals surface area contributed by atoms with Crippen molar-refractivity contribution < 1.29 is 23.8 Å². The number of carbonyl (C=O) groups excluding carboxylic acids is 1. The number of aryl methyl sites for hydroxylation is 3. The molecule has 1 aromatic heterocycles. The van der Waals surface area contributed by atoms with Gasteiger partial charge in [0.05, 0.1) is 12.2 Å². The van der Waals surface area contributed by atoms with E-state index in [4.69, 9.17) is 20.8 Å². The van der Waals surface area contributed by atoms with E-state index in [1.54, 1.807) is 19.2 Å². The number of carbonyl (C=O) groups is 2. The Morgan fingerprint density at radius 1 is 1.11 bits per heavy atom. The van der Waals surface area contributed by atoms with Gasteiger partial charge in [-0.25, -0.2) is 9.78 Å². The number of rotatable bonds is 10. The average Bonchev–Trinajstić information content (AvgIpc) is 3.16. The molecule has 3 rings (SSSR count). The van der Waals surface area contributed by atoms with Gasteiger partial charge in [-0.1, -0.05) is 23.7 Å². The lowest BCUT2D eigenvalue weighted by molar-refractivity contribution is -0.152. The number of benzene rings is 2. The minimum atomic E-state index is -1.35. The number of halogens is 1. The number of aromatic nitrogens is 1. The van der Waals surface area contributed by atoms with Crippen molar-refractivity contribution in [2.75, 3.05) is 13.6 Å². The Hall–Kier alpha value is -3.36. The van der Waals surface area contributed by atoms with Crippen molar-refractivity contribution in [1.29, 1.82) is 0 Å². The second-order valence-corrected chi connectivity index (χ2v) is 9.76. The Labute approximate surface area is 216 Å². The fraction of sp³-hybridized carbons (Fsp3) is 0.370. The first-order chi connectivity index (χ1) is 16.9. The second kappa shape index (κ2) is 11.1. The molecule has 9 heteroatoms. The lowest BCUT2D eigenvalue weighted by Crippen LogP contribution is -2.38. The number of hydrogen-bond acceptors (Lipinski definition) is 6. The normalized spacial score (nSPS) is 11.6. The zero-order chi connectivity index (χ0) is 26.6. The monoisotopic (exact) mass is 513 g/mol. The highest BCUT2D eigenvalue weighted by Gasteiger charge is 2.30. The molecule has 36 heavy (non-hydrogen) atoms. The average molecular weight is 514 g/mol. The maximum atomic E-state index is 12.3. The summed E-state index contributed by atoms with van der Waals surface area (Å²) in [6.45, 7) is 9.70. The zero-order valence-electron chi connectivity index (χ0n) is 21.4. The van der Waals surface area contributed by atoms with Crippen LogP contribution in [0.4, 0.5) is 0 Å². The molecule has 0 unspecified atom stereocenters. The summed E-state index contributed by atoms with van der Waals surface area (Å²) in [6.07, 6.45) is 0. The van der Waals surface area contributed by atoms with Gasteiger partial charge in [0.15, 0.2) is 5.60 Å². The highest BCUT2D eigenvalue weighted by molar-refractivity contribution is 6.30. The van der Waals surface area contributed by atoms with Gasteiger partial charge in [-0.3, -0.25) is 9.69 Å². The van der Waals surface area contributed by atoms with Crippen molar-refractivity contribution in [3.8, 4) is 17.2 Å². The number of ether oxygens (including phenoxy) is 1. The molecule has 0 aliphatic carbocycles. The molecule has 2 N–H and O–H groups in total. The molecule has 0 saturated carbocycles. The zero-order valence-corrected chi connectivity index (χ0v) is 22.2. The third kappa shape index (κ3) is 6.65. The van der Waals surface area contributed by atoms with Crippen molar-refractivity contribution in [2.24, 2.45) is 0 Å². The summed E-state index contributed by atoms with van der Waals surface area (Å²) >= 11 is 5.99. The van der Waals surface area contributed by atoms with Crippen LogP contribution in [0.3, 0.4) is 0 Å². The third-order valence-electron chi connectivity index (χ3n) is 5.80. The first kappa shape index (κ1) is 27.2. The summed E-state index contributed by atoms with van der Waals surface area (Å²) < 4.78 is 11.7. The van der Waals surface area contributed by atoms with Gasteiger partial charge >= 0.3 is 5.97 Å². The molecule has 0 spiro atoms. The highest BCUT2D eigenvalue weighted by atomic mass is 35.5. The van der Waals surface area contributed by atoms with Crippen molar-refractivity contribution in [3.63, 3.8) is 0 Å². The molecule has 0 atom stereocenters. The first-order valence-corrected chi connectivity index (χ1v) is 11.9. The minimum absolute atomic E-state index is 0.120. The number of hydrogen-bond donors (Lipinski definition) is 2. The smallest absolute Gasteiger partial charge is 0.347 e. The summed E-state index contributed by atoms with van der Waals surface area (Å²) in [5, 5.41) is 12.7. The Morgan fingerprint density at radius 2 is 1.72 bits per heavy atom. The van der Waals surface area contributed by atoms with E-state index in [1.165, 1.54) is 13.8 Å². The summed E-state index contributed by atoms with van der Waals surface area (Å²) in [5.41, 5.74) is 2.81. The molecular formula is C27H32ClN3O5. The molecule has 8 nitrogen and oxygen atoms in total. The number of oxazole rings is 1. The Morgan fingerprint density at radius 3 is 2.28 bits per heavy atom. The van der Waals surface area contributed by atoms with E-state index in [0.717, 1.165) is 27.9 Å². The van der Waals surface area contributed by atoms with Crippen LogP contribution in [0.25, 0.3) is 11.5 Å². The van der Waals surface area contributed by atoms with Crippen molar-refractivity contribution in [1.82, 2.24) is 15.2 Å². The van der Waals surface area contributed by atoms with E-state index in [0.29, 0.717) is 35.5 Å². The standard InChI is InChI=1S/C27H32ClN3O5/c1-16-11-19(12-17(2)24(16)36-27(4,5)26(33)34)13-31(15-23(32)29-6)14-22-18(3)35-25(30-22)20-7-9-21(28)10-8-20/h7-12H,13-15H2,1-6H3,(H,29,32)(H,33,34). The summed E-state index contributed by atoms with van der Waals surface area (Å²) in [5.74, 6) is 0.555. The van der Waals surface area contributed by atoms with E-state index < -0.39 is 11.6 Å². The quantitative estimate of drug-likeness (QED) is 0.397. The molecule has 0 aliphatic heterocycles. The minimum Gasteiger partial charge on any atom is -0.478 e. The molecule has 0 saturated heterocycles. The summed E-state index contributed by atoms with van der Waals surface area (Å²) in [7, 11) is 1.60. The number of likely N-dealkylation sites (N-methyl/N-ethyl adjacent to an activating group) is 1. The molecule has 0 radical (unpaired) electrons. The number of amides is 1. The van der Waals surface area contributed by atoms with Crippen LogP contribution in [-0.4, -0.2) is 46.1 Å². The van der Waals surface area contributed by atoms with Gasteiger partial charge in [0, 0.05) is 30.7 Å². The fourth-order valence-corrected chi connectivity index (χ4v) is 3.93. The Balaban J connectivity index is 1.85. The molecule has 0 fully saturated rings. The Bertz CT molecular complexity index is 1230. The van der Waals surface area contributed by atoms with Crippen LogP contribution in [0.1, 0.15) is 42.0 Å². The maximum Gasteiger partial charge on any atom is 0.347 e. The molecule has 3 aromatic rings. The van der Waals surface area contributed by atoms with Crippen molar-refractivity contribution in [3.05, 3.63) is 69.6 Å². The predicted octanol–water partition coefficient (Wildman–Crippen LogP) is 4.91. The van der Waals surface area contributed by atoms with Gasteiger partial charge in [-0.15, -0.1) is 0 Å². The number of carboxylic acids is 1. The molecule has 192 valence electrons. The Kier molecular flexibility index (Phi) is 8.43. The van der Waals surface area contributed by atoms with Crippen LogP contribution < -0.4 is 10.1 Å². The predicted molar refractivity (Wildman–Crippen MR) is 138 cm³/mol. The van der Waals surface area contributed by atoms with Crippen LogP contribution in [-0.2, 0) is 22.7 Å². The van der Waals surface area contributed by atoms with E-state index in [1.807, 2.05) is 49.9 Å². The molecule has 2 aromatic carbocycles. The summed E-state index contributed by atoms with van der Waals surface area (Å²) in [6, 6.07) is 11.2. The molecule has 0 aliphatic rings. The number of aliphatic carboxylic acids is 1. The number of nitrogens with one attached hydrogen (secondary N) is 1. The van der Waals surface area contributed by atoms with E-state index >= 15 is 0 Å². The largest absolute Gasteiger partial charge is 0.478 e. The van der Waals surface area contributed by atoms with Crippen LogP contribution >= 0.6 is 11.6 Å². The second-order valence-electron chi connectivity index (χ2n) is 9.32. The topological polar surface area (TPSA) is 105 Å². The van der Waals surface area contributed by atoms with Gasteiger partial charge in [0.25, 0.3) is 0 Å². The van der Waals surface area contributed by atoms with Crippen LogP contribution in [0.15, 0.2) is 40.8 Å². The fourth-order valence-electron chi connectivity index (χ4n) is 3.80. The van der Waals surface area contributed by atoms with Crippen molar-refractivity contribution in [2.45, 2.75) is 53.3 Å². The summed E-state index contributed by atoms with van der Waals surface area (Å²) in [4.78, 5) is 30.4. The molecular weight excluding hydrogens is 482 g/mol. The van der Waals surface area contributed by atoms with Gasteiger partial charge in [0.1, 0.15) is 11.5 Å². The SMILES string of the molecule is CNC(=O)CN(Cc1cc(C)c(OC(C)(C)C(=O)O)c(C)c1)Cc1nc(-c2ccc(Cl)cc2)oc1C. The van der Waals surface area contributed by atoms with Crippen LogP contribution in [0, 0.1) is 20.8 Å². The van der Waals surface area contributed by atoms with Crippen LogP contribution in [0.2, 0.25) is 5.02 Å². The number of carboxylic acid groups (broad SMARTS) is 1. The highest BCUT2D eigenvalue weighted by Crippen LogP contribution is 2.30. The van der Waals surface area contributed by atoms with Gasteiger partial charge in [-0.2, -0.15) is 0 Å². The molecule has 1 heterocycles. The third-order valence-corrected chi connectivity index (χ3v) is 6.05. The molecule has 0 bridgehead atoms. The van der Waals surface area contributed by atoms with Gasteiger partial charge in [0.2, 0.25) is 11.8 Å². The van der Waals surface area contributed by atoms with Crippen LogP contribution in [0.5, 0.6) is 5.75 Å². The van der Waals surface area contributed by atoms with E-state index in [-0.39, 0.29) is 12.5 Å². The van der Waals surface area contributed by atoms with E-state index in [2.05, 4.69) is 10.3 Å². The lowest BCUT2D eigenvalue weighted by Gasteiger charge is -2.25. The maximum absolute atomic E-state index is 12.3. The first-order valence-electron chi connectivity index (χ1n) is 11.6. The lowest BCUT2D eigenvalue weighted by atomic mass is 10.0.